The lowest BCUT2D eigenvalue weighted by Crippen LogP contribution is -1.94. The number of aromatic nitrogens is 1. The molecule has 0 amide bonds. The van der Waals surface area contributed by atoms with Crippen LogP contribution in [0.25, 0.3) is 22.6 Å². The number of aromatic hydroxyl groups is 2. The zero-order chi connectivity index (χ0) is 21.3. The van der Waals surface area contributed by atoms with Gasteiger partial charge in [-0.1, -0.05) is 22.0 Å². The van der Waals surface area contributed by atoms with Crippen molar-refractivity contribution in [1.82, 2.24) is 4.98 Å². The molecular weight excluding hydrogens is 448 g/mol. The zero-order valence-corrected chi connectivity index (χ0v) is 18.0. The van der Waals surface area contributed by atoms with Crippen molar-refractivity contribution in [1.29, 1.82) is 0 Å². The van der Waals surface area contributed by atoms with Crippen LogP contribution in [0.1, 0.15) is 18.1 Å². The molecule has 0 bridgehead atoms. The van der Waals surface area contributed by atoms with Gasteiger partial charge >= 0.3 is 0 Å². The number of hydrogen-bond acceptors (Lipinski definition) is 6. The molecular formula is C23H19BrN2O4. The predicted octanol–water partition coefficient (Wildman–Crippen LogP) is 6.13. The fraction of sp³-hybridized carbons (Fsp3) is 0.130. The van der Waals surface area contributed by atoms with Gasteiger partial charge in [-0.3, -0.25) is 4.99 Å². The Kier molecular flexibility index (Phi) is 5.46. The summed E-state index contributed by atoms with van der Waals surface area (Å²) in [5.41, 5.74) is 3.95. The van der Waals surface area contributed by atoms with Crippen LogP contribution in [0.2, 0.25) is 0 Å². The van der Waals surface area contributed by atoms with Gasteiger partial charge in [0, 0.05) is 22.3 Å². The van der Waals surface area contributed by atoms with Crippen molar-refractivity contribution in [3.63, 3.8) is 0 Å². The average molecular weight is 467 g/mol. The molecule has 7 heteroatoms. The minimum atomic E-state index is 0.00129. The van der Waals surface area contributed by atoms with Crippen molar-refractivity contribution >= 4 is 38.9 Å². The number of benzene rings is 3. The fourth-order valence-corrected chi connectivity index (χ4v) is 3.49. The van der Waals surface area contributed by atoms with Crippen LogP contribution in [0.3, 0.4) is 0 Å². The third-order valence-electron chi connectivity index (χ3n) is 4.48. The highest BCUT2D eigenvalue weighted by molar-refractivity contribution is 9.10. The number of phenols is 2. The molecule has 0 fully saturated rings. The summed E-state index contributed by atoms with van der Waals surface area (Å²) in [5, 5.41) is 20.8. The number of rotatable bonds is 5. The Morgan fingerprint density at radius 2 is 1.97 bits per heavy atom. The molecule has 0 atom stereocenters. The average Bonchev–Trinajstić information content (AvgIpc) is 3.12. The quantitative estimate of drug-likeness (QED) is 0.345. The van der Waals surface area contributed by atoms with Crippen molar-refractivity contribution in [2.24, 2.45) is 4.99 Å². The SMILES string of the molecule is CCOc1cc(Br)cc(C=Nc2ccc(-c3nc4ccc(C)cc4o3)c(O)c2)c1O. The maximum Gasteiger partial charge on any atom is 0.231 e. The van der Waals surface area contributed by atoms with Crippen LogP contribution in [-0.2, 0) is 0 Å². The third-order valence-corrected chi connectivity index (χ3v) is 4.94. The Hall–Kier alpha value is -3.32. The molecule has 0 aliphatic rings. The van der Waals surface area contributed by atoms with E-state index in [9.17, 15) is 10.2 Å². The maximum atomic E-state index is 10.5. The van der Waals surface area contributed by atoms with Gasteiger partial charge < -0.3 is 19.4 Å². The first kappa shape index (κ1) is 20.0. The van der Waals surface area contributed by atoms with Crippen LogP contribution in [0.5, 0.6) is 17.2 Å². The van der Waals surface area contributed by atoms with Gasteiger partial charge in [-0.05, 0) is 55.8 Å². The lowest BCUT2D eigenvalue weighted by atomic mass is 10.1. The number of aliphatic imine (C=N–C) groups is 1. The van der Waals surface area contributed by atoms with Gasteiger partial charge in [-0.15, -0.1) is 0 Å². The topological polar surface area (TPSA) is 88.1 Å². The number of halogens is 1. The van der Waals surface area contributed by atoms with E-state index < -0.39 is 0 Å². The molecule has 2 N–H and O–H groups in total. The number of nitrogens with zero attached hydrogens (tertiary/aromatic N) is 2. The first-order valence-electron chi connectivity index (χ1n) is 9.34. The van der Waals surface area contributed by atoms with Gasteiger partial charge in [0.15, 0.2) is 17.1 Å². The van der Waals surface area contributed by atoms with Crippen molar-refractivity contribution in [2.75, 3.05) is 6.61 Å². The van der Waals surface area contributed by atoms with E-state index in [1.165, 1.54) is 12.3 Å². The monoisotopic (exact) mass is 466 g/mol. The molecule has 0 spiro atoms. The standard InChI is InChI=1S/C23H19BrN2O4/c1-3-29-21-10-15(24)9-14(22(21)28)12-25-16-5-6-17(19(27)11-16)23-26-18-7-4-13(2)8-20(18)30-23/h4-12,27-28H,3H2,1-2H3. The van der Waals surface area contributed by atoms with E-state index in [4.69, 9.17) is 9.15 Å². The first-order chi connectivity index (χ1) is 14.4. The Labute approximate surface area is 181 Å². The van der Waals surface area contributed by atoms with Crippen molar-refractivity contribution < 1.29 is 19.4 Å². The lowest BCUT2D eigenvalue weighted by Gasteiger charge is -2.08. The summed E-state index contributed by atoms with van der Waals surface area (Å²) in [6, 6.07) is 14.1. The van der Waals surface area contributed by atoms with Crippen LogP contribution in [0.15, 0.2) is 62.4 Å². The normalized spacial score (nSPS) is 11.4. The minimum absolute atomic E-state index is 0.00129. The highest BCUT2D eigenvalue weighted by atomic mass is 79.9. The number of aryl methyl sites for hydroxylation is 1. The van der Waals surface area contributed by atoms with E-state index in [2.05, 4.69) is 25.9 Å². The summed E-state index contributed by atoms with van der Waals surface area (Å²) in [4.78, 5) is 8.80. The number of hydrogen-bond donors (Lipinski definition) is 2. The molecule has 1 heterocycles. The Bertz CT molecular complexity index is 1260. The molecule has 0 radical (unpaired) electrons. The molecule has 0 aliphatic carbocycles. The molecule has 0 unspecified atom stereocenters. The van der Waals surface area contributed by atoms with Crippen LogP contribution in [-0.4, -0.2) is 28.0 Å². The molecule has 4 rings (SSSR count). The summed E-state index contributed by atoms with van der Waals surface area (Å²) in [7, 11) is 0. The Morgan fingerprint density at radius 1 is 1.13 bits per heavy atom. The van der Waals surface area contributed by atoms with Gasteiger partial charge in [0.1, 0.15) is 11.3 Å². The molecule has 0 saturated heterocycles. The molecule has 3 aromatic carbocycles. The van der Waals surface area contributed by atoms with Crippen molar-refractivity contribution in [3.05, 3.63) is 64.1 Å². The van der Waals surface area contributed by atoms with Gasteiger partial charge in [0.2, 0.25) is 5.89 Å². The molecule has 0 aliphatic heterocycles. The van der Waals surface area contributed by atoms with E-state index in [1.54, 1.807) is 24.3 Å². The predicted molar refractivity (Wildman–Crippen MR) is 120 cm³/mol. The molecule has 4 aromatic rings. The molecule has 0 saturated carbocycles. The van der Waals surface area contributed by atoms with Crippen molar-refractivity contribution in [2.45, 2.75) is 13.8 Å². The molecule has 152 valence electrons. The molecule has 1 aromatic heterocycles. The van der Waals surface area contributed by atoms with Gasteiger partial charge in [-0.25, -0.2) is 4.98 Å². The number of oxazole rings is 1. The molecule has 30 heavy (non-hydrogen) atoms. The summed E-state index contributed by atoms with van der Waals surface area (Å²) < 4.78 is 12.0. The van der Waals surface area contributed by atoms with E-state index in [0.717, 1.165) is 15.6 Å². The highest BCUT2D eigenvalue weighted by Crippen LogP contribution is 2.35. The Morgan fingerprint density at radius 3 is 2.73 bits per heavy atom. The van der Waals surface area contributed by atoms with Crippen LogP contribution >= 0.6 is 15.9 Å². The van der Waals surface area contributed by atoms with E-state index in [1.807, 2.05) is 32.0 Å². The second-order valence-electron chi connectivity index (χ2n) is 6.72. The summed E-state index contributed by atoms with van der Waals surface area (Å²) in [6.07, 6.45) is 1.51. The first-order valence-corrected chi connectivity index (χ1v) is 10.1. The van der Waals surface area contributed by atoms with E-state index in [-0.39, 0.29) is 11.5 Å². The minimum Gasteiger partial charge on any atom is -0.507 e. The molecule has 6 nitrogen and oxygen atoms in total. The zero-order valence-electron chi connectivity index (χ0n) is 16.4. The van der Waals surface area contributed by atoms with Crippen LogP contribution in [0, 0.1) is 6.92 Å². The smallest absolute Gasteiger partial charge is 0.231 e. The maximum absolute atomic E-state index is 10.5. The largest absolute Gasteiger partial charge is 0.507 e. The second kappa shape index (κ2) is 8.20. The summed E-state index contributed by atoms with van der Waals surface area (Å²) >= 11 is 3.40. The Balaban J connectivity index is 1.63. The highest BCUT2D eigenvalue weighted by Gasteiger charge is 2.13. The third kappa shape index (κ3) is 4.02. The lowest BCUT2D eigenvalue weighted by molar-refractivity contribution is 0.317. The van der Waals surface area contributed by atoms with Crippen molar-refractivity contribution in [3.8, 4) is 28.7 Å². The summed E-state index contributed by atoms with van der Waals surface area (Å²) in [5.74, 6) is 0.722. The number of ether oxygens (including phenoxy) is 1. The number of phenolic OH excluding ortho intramolecular Hbond substituents is 2. The summed E-state index contributed by atoms with van der Waals surface area (Å²) in [6.45, 7) is 4.26. The van der Waals surface area contributed by atoms with E-state index >= 15 is 0 Å². The van der Waals surface area contributed by atoms with Gasteiger partial charge in [0.25, 0.3) is 0 Å². The second-order valence-corrected chi connectivity index (χ2v) is 7.64. The fourth-order valence-electron chi connectivity index (χ4n) is 3.03. The number of fused-ring (bicyclic) bond motifs is 1. The van der Waals surface area contributed by atoms with E-state index in [0.29, 0.717) is 40.6 Å². The van der Waals surface area contributed by atoms with Gasteiger partial charge in [-0.2, -0.15) is 0 Å². The van der Waals surface area contributed by atoms with Crippen LogP contribution in [0.4, 0.5) is 5.69 Å². The van der Waals surface area contributed by atoms with Gasteiger partial charge in [0.05, 0.1) is 17.9 Å². The van der Waals surface area contributed by atoms with Crippen LogP contribution < -0.4 is 4.74 Å².